The molecule has 1 atom stereocenters. The van der Waals surface area contributed by atoms with Crippen LogP contribution in [-0.2, 0) is 4.79 Å². The van der Waals surface area contributed by atoms with Crippen LogP contribution in [0.4, 0.5) is 10.5 Å². The first-order chi connectivity index (χ1) is 12.4. The Morgan fingerprint density at radius 1 is 1.00 bits per heavy atom. The van der Waals surface area contributed by atoms with Crippen LogP contribution in [0.2, 0.25) is 0 Å². The molecule has 3 amide bonds. The van der Waals surface area contributed by atoms with Gasteiger partial charge in [-0.2, -0.15) is 0 Å². The molecule has 0 saturated carbocycles. The van der Waals surface area contributed by atoms with E-state index in [-0.39, 0.29) is 11.9 Å². The maximum absolute atomic E-state index is 13.0. The lowest BCUT2D eigenvalue weighted by atomic mass is 9.94. The number of rotatable bonds is 3. The third-order valence-corrected chi connectivity index (χ3v) is 4.78. The summed E-state index contributed by atoms with van der Waals surface area (Å²) in [4.78, 5) is 25.0. The molecule has 1 heterocycles. The Morgan fingerprint density at radius 3 is 2.38 bits per heavy atom. The van der Waals surface area contributed by atoms with Crippen LogP contribution in [0.25, 0.3) is 0 Å². The van der Waals surface area contributed by atoms with Gasteiger partial charge in [0, 0.05) is 11.4 Å². The largest absolute Gasteiger partial charge is 0.327 e. The number of hydrogen-bond acceptors (Lipinski definition) is 2. The van der Waals surface area contributed by atoms with Gasteiger partial charge in [0.2, 0.25) is 0 Å². The molecule has 3 N–H and O–H groups in total. The summed E-state index contributed by atoms with van der Waals surface area (Å²) < 4.78 is 0. The molecule has 0 saturated heterocycles. The van der Waals surface area contributed by atoms with Gasteiger partial charge < -0.3 is 16.0 Å². The lowest BCUT2D eigenvalue weighted by Gasteiger charge is -2.29. The second kappa shape index (κ2) is 7.04. The van der Waals surface area contributed by atoms with Crippen LogP contribution in [0.1, 0.15) is 35.2 Å². The van der Waals surface area contributed by atoms with Gasteiger partial charge in [0.15, 0.2) is 0 Å². The quantitative estimate of drug-likeness (QED) is 0.787. The van der Waals surface area contributed by atoms with E-state index < -0.39 is 6.04 Å². The molecule has 1 aliphatic rings. The average molecular weight is 349 g/mol. The van der Waals surface area contributed by atoms with Crippen molar-refractivity contribution in [1.82, 2.24) is 10.6 Å². The predicted octanol–water partition coefficient (Wildman–Crippen LogP) is 3.88. The Morgan fingerprint density at radius 2 is 1.69 bits per heavy atom. The van der Waals surface area contributed by atoms with Crippen LogP contribution in [0.15, 0.2) is 53.7 Å². The van der Waals surface area contributed by atoms with E-state index in [0.29, 0.717) is 11.3 Å². The molecule has 0 fully saturated rings. The van der Waals surface area contributed by atoms with Crippen LogP contribution in [0.5, 0.6) is 0 Å². The molecular formula is C21H23N3O2. The molecule has 2 aromatic rings. The minimum atomic E-state index is -0.491. The maximum atomic E-state index is 13.0. The summed E-state index contributed by atoms with van der Waals surface area (Å²) in [5.74, 6) is -0.228. The topological polar surface area (TPSA) is 70.2 Å². The van der Waals surface area contributed by atoms with E-state index in [9.17, 15) is 9.59 Å². The Labute approximate surface area is 153 Å². The third kappa shape index (κ3) is 3.47. The number of carbonyl (C=O) groups excluding carboxylic acids is 2. The standard InChI is InChI=1S/C21H23N3O2/c1-12-8-10-16(11-9-12)19-18(15(4)22-21(26)24-19)20(25)23-17-7-5-6-13(2)14(17)3/h5-11,19H,1-4H3,(H,23,25)(H2,22,24,26)/t19-/m1/s1. The zero-order valence-corrected chi connectivity index (χ0v) is 15.4. The molecule has 0 radical (unpaired) electrons. The fourth-order valence-electron chi connectivity index (χ4n) is 3.08. The summed E-state index contributed by atoms with van der Waals surface area (Å²) in [6.07, 6.45) is 0. The number of urea groups is 1. The van der Waals surface area contributed by atoms with Crippen molar-refractivity contribution < 1.29 is 9.59 Å². The zero-order chi connectivity index (χ0) is 18.8. The summed E-state index contributed by atoms with van der Waals surface area (Å²) in [7, 11) is 0. The fourth-order valence-corrected chi connectivity index (χ4v) is 3.08. The van der Waals surface area contributed by atoms with Crippen molar-refractivity contribution >= 4 is 17.6 Å². The molecular weight excluding hydrogens is 326 g/mol. The van der Waals surface area contributed by atoms with Gasteiger partial charge >= 0.3 is 6.03 Å². The molecule has 3 rings (SSSR count). The first kappa shape index (κ1) is 17.7. The molecule has 0 unspecified atom stereocenters. The van der Waals surface area contributed by atoms with Crippen molar-refractivity contribution in [3.63, 3.8) is 0 Å². The van der Waals surface area contributed by atoms with E-state index >= 15 is 0 Å². The predicted molar refractivity (Wildman–Crippen MR) is 103 cm³/mol. The smallest absolute Gasteiger partial charge is 0.319 e. The van der Waals surface area contributed by atoms with Gasteiger partial charge in [0.05, 0.1) is 11.6 Å². The van der Waals surface area contributed by atoms with Crippen LogP contribution in [0.3, 0.4) is 0 Å². The van der Waals surface area contributed by atoms with Crippen molar-refractivity contribution in [1.29, 1.82) is 0 Å². The number of benzene rings is 2. The molecule has 0 spiro atoms. The zero-order valence-electron chi connectivity index (χ0n) is 15.4. The first-order valence-corrected chi connectivity index (χ1v) is 8.59. The van der Waals surface area contributed by atoms with Crippen molar-refractivity contribution in [2.75, 3.05) is 5.32 Å². The number of amides is 3. The Bertz CT molecular complexity index is 898. The van der Waals surface area contributed by atoms with E-state index in [0.717, 1.165) is 27.9 Å². The van der Waals surface area contributed by atoms with E-state index in [4.69, 9.17) is 0 Å². The minimum Gasteiger partial charge on any atom is -0.327 e. The Hall–Kier alpha value is -3.08. The summed E-state index contributed by atoms with van der Waals surface area (Å²) in [6.45, 7) is 7.73. The van der Waals surface area contributed by atoms with Crippen molar-refractivity contribution in [3.8, 4) is 0 Å². The molecule has 0 aliphatic carbocycles. The molecule has 2 aromatic carbocycles. The highest BCUT2D eigenvalue weighted by molar-refractivity contribution is 6.07. The van der Waals surface area contributed by atoms with Gasteiger partial charge in [-0.25, -0.2) is 4.79 Å². The molecule has 1 aliphatic heterocycles. The maximum Gasteiger partial charge on any atom is 0.319 e. The monoisotopic (exact) mass is 349 g/mol. The van der Waals surface area contributed by atoms with Crippen molar-refractivity contribution in [2.45, 2.75) is 33.7 Å². The second-order valence-electron chi connectivity index (χ2n) is 6.68. The van der Waals surface area contributed by atoms with Crippen molar-refractivity contribution in [2.24, 2.45) is 0 Å². The number of aryl methyl sites for hydroxylation is 2. The van der Waals surface area contributed by atoms with Gasteiger partial charge in [0.1, 0.15) is 0 Å². The van der Waals surface area contributed by atoms with E-state index in [1.807, 2.05) is 63.2 Å². The summed E-state index contributed by atoms with van der Waals surface area (Å²) in [6, 6.07) is 12.8. The van der Waals surface area contributed by atoms with Gasteiger partial charge in [-0.15, -0.1) is 0 Å². The number of allylic oxidation sites excluding steroid dienone is 1. The molecule has 5 heteroatoms. The average Bonchev–Trinajstić information content (AvgIpc) is 2.59. The highest BCUT2D eigenvalue weighted by Gasteiger charge is 2.31. The number of hydrogen-bond donors (Lipinski definition) is 3. The number of nitrogens with one attached hydrogen (secondary N) is 3. The second-order valence-corrected chi connectivity index (χ2v) is 6.68. The van der Waals surface area contributed by atoms with Crippen LogP contribution in [0, 0.1) is 20.8 Å². The SMILES string of the molecule is CC1=C(C(=O)Nc2cccc(C)c2C)[C@@H](c2ccc(C)cc2)NC(=O)N1. The number of carbonyl (C=O) groups is 2. The molecule has 0 aromatic heterocycles. The van der Waals surface area contributed by atoms with Gasteiger partial charge in [0.25, 0.3) is 5.91 Å². The normalized spacial score (nSPS) is 16.8. The first-order valence-electron chi connectivity index (χ1n) is 8.59. The molecule has 0 bridgehead atoms. The summed E-state index contributed by atoms with van der Waals surface area (Å²) >= 11 is 0. The highest BCUT2D eigenvalue weighted by atomic mass is 16.2. The highest BCUT2D eigenvalue weighted by Crippen LogP contribution is 2.28. The van der Waals surface area contributed by atoms with E-state index in [1.54, 1.807) is 6.92 Å². The lowest BCUT2D eigenvalue weighted by molar-refractivity contribution is -0.113. The van der Waals surface area contributed by atoms with E-state index in [2.05, 4.69) is 16.0 Å². The van der Waals surface area contributed by atoms with Gasteiger partial charge in [-0.3, -0.25) is 4.79 Å². The summed E-state index contributed by atoms with van der Waals surface area (Å²) in [5.41, 5.74) is 5.97. The lowest BCUT2D eigenvalue weighted by Crippen LogP contribution is -2.46. The Balaban J connectivity index is 1.96. The Kier molecular flexibility index (Phi) is 4.80. The molecule has 5 nitrogen and oxygen atoms in total. The fraction of sp³-hybridized carbons (Fsp3) is 0.238. The summed E-state index contributed by atoms with van der Waals surface area (Å²) in [5, 5.41) is 8.55. The van der Waals surface area contributed by atoms with Crippen LogP contribution < -0.4 is 16.0 Å². The van der Waals surface area contributed by atoms with Gasteiger partial charge in [-0.05, 0) is 50.5 Å². The van der Waals surface area contributed by atoms with Crippen LogP contribution >= 0.6 is 0 Å². The van der Waals surface area contributed by atoms with Crippen molar-refractivity contribution in [3.05, 3.63) is 76.0 Å². The van der Waals surface area contributed by atoms with Gasteiger partial charge in [-0.1, -0.05) is 42.0 Å². The van der Waals surface area contributed by atoms with Crippen LogP contribution in [-0.4, -0.2) is 11.9 Å². The number of anilines is 1. The molecule has 26 heavy (non-hydrogen) atoms. The van der Waals surface area contributed by atoms with E-state index in [1.165, 1.54) is 0 Å². The third-order valence-electron chi connectivity index (χ3n) is 4.78. The molecule has 134 valence electrons. The minimum absolute atomic E-state index is 0.228.